The molecule has 0 aliphatic carbocycles. The maximum atomic E-state index is 14.8. The van der Waals surface area contributed by atoms with Crippen LogP contribution >= 0.6 is 23.2 Å². The van der Waals surface area contributed by atoms with Gasteiger partial charge in [-0.05, 0) is 74.2 Å². The van der Waals surface area contributed by atoms with Gasteiger partial charge in [0.1, 0.15) is 11.0 Å². The number of carbonyl (C=O) groups excluding carboxylic acids is 3. The fourth-order valence-electron chi connectivity index (χ4n) is 5.77. The van der Waals surface area contributed by atoms with E-state index in [-0.39, 0.29) is 19.8 Å². The molecule has 3 aromatic rings. The van der Waals surface area contributed by atoms with Gasteiger partial charge in [-0.25, -0.2) is 9.69 Å². The summed E-state index contributed by atoms with van der Waals surface area (Å²) in [4.78, 5) is 42.8. The van der Waals surface area contributed by atoms with Gasteiger partial charge < -0.3 is 10.1 Å². The van der Waals surface area contributed by atoms with Gasteiger partial charge >= 0.3 is 6.09 Å². The summed E-state index contributed by atoms with van der Waals surface area (Å²) in [6, 6.07) is 19.1. The van der Waals surface area contributed by atoms with E-state index in [1.54, 1.807) is 57.2 Å². The number of aryl methyl sites for hydroxylation is 1. The molecule has 5 rings (SSSR count). The van der Waals surface area contributed by atoms with Gasteiger partial charge in [0.25, 0.3) is 0 Å². The largest absolute Gasteiger partial charge is 0.443 e. The van der Waals surface area contributed by atoms with Crippen molar-refractivity contribution in [2.75, 3.05) is 4.90 Å². The van der Waals surface area contributed by atoms with Crippen molar-refractivity contribution in [2.45, 2.75) is 64.5 Å². The van der Waals surface area contributed by atoms with Crippen molar-refractivity contribution in [1.82, 2.24) is 5.32 Å². The quantitative estimate of drug-likeness (QED) is 0.348. The molecule has 8 heteroatoms. The summed E-state index contributed by atoms with van der Waals surface area (Å²) in [7, 11) is 0. The Morgan fingerprint density at radius 3 is 2.36 bits per heavy atom. The summed E-state index contributed by atoms with van der Waals surface area (Å²) in [5, 5.41) is 3.97. The maximum absolute atomic E-state index is 14.8. The van der Waals surface area contributed by atoms with E-state index in [1.807, 2.05) is 37.3 Å². The van der Waals surface area contributed by atoms with Crippen molar-refractivity contribution in [3.8, 4) is 0 Å². The van der Waals surface area contributed by atoms with Crippen LogP contribution in [0.5, 0.6) is 0 Å². The Morgan fingerprint density at radius 1 is 1.00 bits per heavy atom. The first-order valence-corrected chi connectivity index (χ1v) is 13.2. The average Bonchev–Trinajstić information content (AvgIpc) is 3.07. The van der Waals surface area contributed by atoms with Gasteiger partial charge in [-0.1, -0.05) is 73.1 Å². The number of hydrogen-bond acceptors (Lipinski definition) is 4. The number of nitrogens with one attached hydrogen (secondary N) is 1. The van der Waals surface area contributed by atoms with Gasteiger partial charge in [0.15, 0.2) is 0 Å². The van der Waals surface area contributed by atoms with E-state index in [1.165, 1.54) is 0 Å². The number of ether oxygens (including phenoxy) is 1. The number of amides is 3. The van der Waals surface area contributed by atoms with Crippen molar-refractivity contribution in [3.05, 3.63) is 99.0 Å². The summed E-state index contributed by atoms with van der Waals surface area (Å²) in [6.45, 7) is 7.16. The van der Waals surface area contributed by atoms with Crippen LogP contribution in [-0.2, 0) is 19.7 Å². The van der Waals surface area contributed by atoms with E-state index in [2.05, 4.69) is 5.32 Å². The molecule has 3 aromatic carbocycles. The van der Waals surface area contributed by atoms with Gasteiger partial charge in [-0.2, -0.15) is 0 Å². The molecule has 3 atom stereocenters. The molecule has 2 heterocycles. The molecule has 2 aliphatic rings. The SMILES string of the molecule is C.Cc1ccccc1[C@H]1NC(=O)C[C@@H](c2cccc(Cl)c2)[C@]12C(=O)N(C(=O)OC(C)(C)C)c1cc(Cl)ccc12. The van der Waals surface area contributed by atoms with Gasteiger partial charge in [-0.15, -0.1) is 0 Å². The number of benzene rings is 3. The average molecular weight is 568 g/mol. The molecule has 0 bridgehead atoms. The number of rotatable bonds is 2. The van der Waals surface area contributed by atoms with Crippen LogP contribution in [0.4, 0.5) is 10.5 Å². The van der Waals surface area contributed by atoms with Crippen molar-refractivity contribution < 1.29 is 19.1 Å². The molecule has 0 saturated carbocycles. The fraction of sp³-hybridized carbons (Fsp3) is 0.323. The van der Waals surface area contributed by atoms with Crippen LogP contribution < -0.4 is 10.2 Å². The first-order chi connectivity index (χ1) is 17.9. The highest BCUT2D eigenvalue weighted by Crippen LogP contribution is 2.59. The van der Waals surface area contributed by atoms with Crippen molar-refractivity contribution >= 4 is 46.8 Å². The predicted molar refractivity (Wildman–Crippen MR) is 154 cm³/mol. The Balaban J connectivity index is 0.00000353. The van der Waals surface area contributed by atoms with Crippen LogP contribution in [-0.4, -0.2) is 23.5 Å². The van der Waals surface area contributed by atoms with Crippen LogP contribution in [0.25, 0.3) is 0 Å². The summed E-state index contributed by atoms with van der Waals surface area (Å²) >= 11 is 12.8. The molecule has 0 aromatic heterocycles. The Hall–Kier alpha value is -3.35. The third kappa shape index (κ3) is 4.81. The van der Waals surface area contributed by atoms with Crippen molar-refractivity contribution in [2.24, 2.45) is 0 Å². The monoisotopic (exact) mass is 566 g/mol. The first kappa shape index (κ1) is 28.7. The first-order valence-electron chi connectivity index (χ1n) is 12.4. The lowest BCUT2D eigenvalue weighted by atomic mass is 9.59. The highest BCUT2D eigenvalue weighted by atomic mass is 35.5. The minimum Gasteiger partial charge on any atom is -0.443 e. The second-order valence-corrected chi connectivity index (χ2v) is 11.7. The van der Waals surface area contributed by atoms with Crippen molar-refractivity contribution in [1.29, 1.82) is 0 Å². The second-order valence-electron chi connectivity index (χ2n) is 10.8. The molecule has 204 valence electrons. The number of imide groups is 1. The Labute approximate surface area is 239 Å². The molecule has 2 aliphatic heterocycles. The van der Waals surface area contributed by atoms with Gasteiger partial charge in [-0.3, -0.25) is 9.59 Å². The predicted octanol–water partition coefficient (Wildman–Crippen LogP) is 7.50. The normalized spacial score (nSPS) is 22.3. The van der Waals surface area contributed by atoms with E-state index in [9.17, 15) is 14.4 Å². The highest BCUT2D eigenvalue weighted by molar-refractivity contribution is 6.32. The molecule has 1 fully saturated rings. The molecule has 6 nitrogen and oxygen atoms in total. The Morgan fingerprint density at radius 2 is 1.69 bits per heavy atom. The summed E-state index contributed by atoms with van der Waals surface area (Å²) in [5.41, 5.74) is 1.15. The van der Waals surface area contributed by atoms with E-state index in [4.69, 9.17) is 27.9 Å². The zero-order chi connectivity index (χ0) is 27.4. The third-order valence-electron chi connectivity index (χ3n) is 7.23. The van der Waals surface area contributed by atoms with E-state index >= 15 is 0 Å². The zero-order valence-corrected chi connectivity index (χ0v) is 23.1. The molecular formula is C31H32Cl2N2O4. The van der Waals surface area contributed by atoms with E-state index in [0.29, 0.717) is 21.3 Å². The van der Waals surface area contributed by atoms with Crippen LogP contribution in [0, 0.1) is 6.92 Å². The van der Waals surface area contributed by atoms with Crippen molar-refractivity contribution in [3.63, 3.8) is 0 Å². The molecule has 1 saturated heterocycles. The highest BCUT2D eigenvalue weighted by Gasteiger charge is 2.65. The minimum atomic E-state index is -1.37. The number of nitrogens with zero attached hydrogens (tertiary/aromatic N) is 1. The zero-order valence-electron chi connectivity index (χ0n) is 21.5. The summed E-state index contributed by atoms with van der Waals surface area (Å²) < 4.78 is 5.68. The lowest BCUT2D eigenvalue weighted by Crippen LogP contribution is -2.59. The lowest BCUT2D eigenvalue weighted by Gasteiger charge is -2.47. The molecular weight excluding hydrogens is 535 g/mol. The van der Waals surface area contributed by atoms with E-state index in [0.717, 1.165) is 21.6 Å². The van der Waals surface area contributed by atoms with Gasteiger partial charge in [0.2, 0.25) is 11.8 Å². The van der Waals surface area contributed by atoms with E-state index < -0.39 is 35.0 Å². The van der Waals surface area contributed by atoms with Crippen LogP contribution in [0.2, 0.25) is 10.0 Å². The van der Waals surface area contributed by atoms with Crippen LogP contribution in [0.15, 0.2) is 66.7 Å². The second kappa shape index (κ2) is 10.3. The third-order valence-corrected chi connectivity index (χ3v) is 7.70. The minimum absolute atomic E-state index is 0. The number of hydrogen-bond donors (Lipinski definition) is 1. The van der Waals surface area contributed by atoms with Crippen LogP contribution in [0.3, 0.4) is 0 Å². The number of anilines is 1. The number of halogens is 2. The summed E-state index contributed by atoms with van der Waals surface area (Å²) in [6.07, 6.45) is -0.772. The molecule has 0 radical (unpaired) electrons. The Bertz CT molecular complexity index is 1460. The molecule has 0 unspecified atom stereocenters. The smallest absolute Gasteiger partial charge is 0.421 e. The van der Waals surface area contributed by atoms with Crippen LogP contribution in [0.1, 0.15) is 68.8 Å². The number of piperidine rings is 1. The maximum Gasteiger partial charge on any atom is 0.421 e. The Kier molecular flexibility index (Phi) is 7.58. The fourth-order valence-corrected chi connectivity index (χ4v) is 6.14. The molecule has 3 amide bonds. The number of carbonyl (C=O) groups is 3. The number of fused-ring (bicyclic) bond motifs is 2. The standard InChI is InChI=1S/C30H28Cl2N2O4.CH4/c1-17-8-5-6-11-21(17)26-30(23(16-25(35)33-26)18-9-7-10-19(31)14-18)22-13-12-20(32)15-24(22)34(27(30)36)28(37)38-29(2,3)4;/h5-15,23,26H,16H2,1-4H3,(H,33,35);1H4/t23-,26+,30-;/m0./s1. The van der Waals surface area contributed by atoms with Gasteiger partial charge in [0, 0.05) is 22.4 Å². The molecule has 1 spiro atoms. The van der Waals surface area contributed by atoms with Gasteiger partial charge in [0.05, 0.1) is 11.7 Å². The summed E-state index contributed by atoms with van der Waals surface area (Å²) in [5.74, 6) is -1.31. The lowest BCUT2D eigenvalue weighted by molar-refractivity contribution is -0.132. The molecule has 39 heavy (non-hydrogen) atoms. The molecule has 1 N–H and O–H groups in total. The topological polar surface area (TPSA) is 75.7 Å².